The molecule has 1 aromatic heterocycles. The number of aryl methyl sites for hydroxylation is 2. The number of anilines is 1. The van der Waals surface area contributed by atoms with Crippen molar-refractivity contribution in [3.8, 4) is 5.75 Å². The van der Waals surface area contributed by atoms with Gasteiger partial charge in [-0.2, -0.15) is 0 Å². The maximum atomic E-state index is 13.2. The Hall–Kier alpha value is -4.78. The van der Waals surface area contributed by atoms with Gasteiger partial charge in [0.05, 0.1) is 22.5 Å². The Morgan fingerprint density at radius 2 is 1.73 bits per heavy atom. The standard InChI is InChI=1S/C30H25N3O4/c1-19-9-10-20(2)27(14-19)33-29(35)25-12-11-22(16-26(25)30(33)36)28(34)32-17-21-6-5-8-24(15-21)37-18-23-7-3-4-13-31-23/h3-16H,17-18H2,1-2H3,(H,32,34). The first-order chi connectivity index (χ1) is 17.9. The van der Waals surface area contributed by atoms with Gasteiger partial charge in [0.15, 0.2) is 0 Å². The van der Waals surface area contributed by atoms with E-state index < -0.39 is 5.91 Å². The van der Waals surface area contributed by atoms with Crippen LogP contribution in [0, 0.1) is 13.8 Å². The molecule has 184 valence electrons. The van der Waals surface area contributed by atoms with Crippen molar-refractivity contribution in [2.24, 2.45) is 0 Å². The number of amides is 3. The minimum absolute atomic E-state index is 0.225. The number of nitrogens with one attached hydrogen (secondary N) is 1. The van der Waals surface area contributed by atoms with Gasteiger partial charge in [-0.25, -0.2) is 4.90 Å². The third-order valence-electron chi connectivity index (χ3n) is 6.22. The Morgan fingerprint density at radius 1 is 0.892 bits per heavy atom. The smallest absolute Gasteiger partial charge is 0.266 e. The zero-order valence-corrected chi connectivity index (χ0v) is 20.5. The van der Waals surface area contributed by atoms with Gasteiger partial charge in [-0.15, -0.1) is 0 Å². The van der Waals surface area contributed by atoms with Crippen molar-refractivity contribution in [3.63, 3.8) is 0 Å². The molecular formula is C30H25N3O4. The van der Waals surface area contributed by atoms with Crippen LogP contribution in [0.15, 0.2) is 85.1 Å². The highest BCUT2D eigenvalue weighted by Gasteiger charge is 2.37. The van der Waals surface area contributed by atoms with Crippen LogP contribution in [0.1, 0.15) is 53.5 Å². The van der Waals surface area contributed by atoms with Crippen molar-refractivity contribution in [2.75, 3.05) is 4.90 Å². The van der Waals surface area contributed by atoms with Gasteiger partial charge < -0.3 is 10.1 Å². The molecule has 3 amide bonds. The molecule has 0 fully saturated rings. The third kappa shape index (κ3) is 4.97. The van der Waals surface area contributed by atoms with Crippen LogP contribution < -0.4 is 15.0 Å². The Balaban J connectivity index is 1.27. The van der Waals surface area contributed by atoms with Crippen LogP contribution in [-0.4, -0.2) is 22.7 Å². The monoisotopic (exact) mass is 491 g/mol. The van der Waals surface area contributed by atoms with Gasteiger partial charge in [-0.3, -0.25) is 19.4 Å². The van der Waals surface area contributed by atoms with E-state index in [0.29, 0.717) is 29.2 Å². The Kier molecular flexibility index (Phi) is 6.51. The number of ether oxygens (including phenoxy) is 1. The van der Waals surface area contributed by atoms with E-state index in [-0.39, 0.29) is 23.9 Å². The first-order valence-electron chi connectivity index (χ1n) is 11.9. The second-order valence-electron chi connectivity index (χ2n) is 8.94. The quantitative estimate of drug-likeness (QED) is 0.367. The van der Waals surface area contributed by atoms with Crippen molar-refractivity contribution in [1.29, 1.82) is 0 Å². The summed E-state index contributed by atoms with van der Waals surface area (Å²) < 4.78 is 5.81. The first kappa shape index (κ1) is 23.9. The van der Waals surface area contributed by atoms with Crippen molar-refractivity contribution < 1.29 is 19.1 Å². The Bertz CT molecular complexity index is 1510. The van der Waals surface area contributed by atoms with Gasteiger partial charge >= 0.3 is 0 Å². The molecule has 1 aliphatic rings. The number of benzene rings is 3. The molecular weight excluding hydrogens is 466 g/mol. The Morgan fingerprint density at radius 3 is 2.54 bits per heavy atom. The largest absolute Gasteiger partial charge is 0.487 e. The van der Waals surface area contributed by atoms with Gasteiger partial charge in [-0.1, -0.05) is 30.3 Å². The van der Waals surface area contributed by atoms with E-state index in [2.05, 4.69) is 10.3 Å². The summed E-state index contributed by atoms with van der Waals surface area (Å²) in [6, 6.07) is 23.3. The van der Waals surface area contributed by atoms with Crippen LogP contribution in [0.25, 0.3) is 0 Å². The number of carbonyl (C=O) groups is 3. The number of aromatic nitrogens is 1. The molecule has 0 unspecified atom stereocenters. The molecule has 0 aliphatic carbocycles. The number of carbonyl (C=O) groups excluding carboxylic acids is 3. The van der Waals surface area contributed by atoms with Crippen LogP contribution in [-0.2, 0) is 13.2 Å². The van der Waals surface area contributed by atoms with E-state index in [1.54, 1.807) is 18.3 Å². The van der Waals surface area contributed by atoms with E-state index in [0.717, 1.165) is 22.4 Å². The molecule has 0 bridgehead atoms. The lowest BCUT2D eigenvalue weighted by Gasteiger charge is -2.17. The van der Waals surface area contributed by atoms with E-state index >= 15 is 0 Å². The van der Waals surface area contributed by atoms with Crippen LogP contribution >= 0.6 is 0 Å². The molecule has 0 atom stereocenters. The number of pyridine rings is 1. The van der Waals surface area contributed by atoms with Crippen LogP contribution in [0.2, 0.25) is 0 Å². The van der Waals surface area contributed by atoms with Gasteiger partial charge in [0.25, 0.3) is 17.7 Å². The molecule has 0 saturated heterocycles. The summed E-state index contributed by atoms with van der Waals surface area (Å²) in [6.07, 6.45) is 1.72. The SMILES string of the molecule is Cc1ccc(C)c(N2C(=O)c3ccc(C(=O)NCc4cccc(OCc5ccccn5)c4)cc3C2=O)c1. The molecule has 3 aromatic carbocycles. The number of hydrogen-bond donors (Lipinski definition) is 1. The fourth-order valence-corrected chi connectivity index (χ4v) is 4.23. The first-order valence-corrected chi connectivity index (χ1v) is 11.9. The Labute approximate surface area is 214 Å². The summed E-state index contributed by atoms with van der Waals surface area (Å²) in [5.41, 5.74) is 4.84. The van der Waals surface area contributed by atoms with Crippen molar-refractivity contribution in [2.45, 2.75) is 27.0 Å². The summed E-state index contributed by atoms with van der Waals surface area (Å²) in [6.45, 7) is 4.39. The summed E-state index contributed by atoms with van der Waals surface area (Å²) in [7, 11) is 0. The molecule has 7 nitrogen and oxygen atoms in total. The van der Waals surface area contributed by atoms with E-state index in [9.17, 15) is 14.4 Å². The fraction of sp³-hybridized carbons (Fsp3) is 0.133. The highest BCUT2D eigenvalue weighted by Crippen LogP contribution is 2.31. The predicted octanol–water partition coefficient (Wildman–Crippen LogP) is 5.01. The van der Waals surface area contributed by atoms with Crippen LogP contribution in [0.3, 0.4) is 0 Å². The molecule has 1 aliphatic heterocycles. The highest BCUT2D eigenvalue weighted by molar-refractivity contribution is 6.35. The van der Waals surface area contributed by atoms with Gasteiger partial charge in [0, 0.05) is 18.3 Å². The topological polar surface area (TPSA) is 88.6 Å². The number of fused-ring (bicyclic) bond motifs is 1. The summed E-state index contributed by atoms with van der Waals surface area (Å²) in [5.74, 6) is -0.483. The predicted molar refractivity (Wildman–Crippen MR) is 140 cm³/mol. The molecule has 7 heteroatoms. The molecule has 0 spiro atoms. The van der Waals surface area contributed by atoms with E-state index in [4.69, 9.17) is 4.74 Å². The lowest BCUT2D eigenvalue weighted by Crippen LogP contribution is -2.30. The van der Waals surface area contributed by atoms with Gasteiger partial charge in [-0.05, 0) is 79.1 Å². The van der Waals surface area contributed by atoms with Crippen molar-refractivity contribution in [1.82, 2.24) is 10.3 Å². The molecule has 37 heavy (non-hydrogen) atoms. The molecule has 4 aromatic rings. The number of hydrogen-bond acceptors (Lipinski definition) is 5. The summed E-state index contributed by atoms with van der Waals surface area (Å²) in [4.78, 5) is 44.5. The molecule has 2 heterocycles. The minimum atomic E-state index is -0.430. The zero-order chi connectivity index (χ0) is 25.9. The average molecular weight is 492 g/mol. The van der Waals surface area contributed by atoms with Crippen molar-refractivity contribution >= 4 is 23.4 Å². The number of nitrogens with zero attached hydrogens (tertiary/aromatic N) is 2. The van der Waals surface area contributed by atoms with Gasteiger partial charge in [0.1, 0.15) is 12.4 Å². The molecule has 5 rings (SSSR count). The normalized spacial score (nSPS) is 12.4. The van der Waals surface area contributed by atoms with Crippen LogP contribution in [0.5, 0.6) is 5.75 Å². The van der Waals surface area contributed by atoms with E-state index in [1.807, 2.05) is 74.5 Å². The maximum Gasteiger partial charge on any atom is 0.266 e. The van der Waals surface area contributed by atoms with Crippen molar-refractivity contribution in [3.05, 3.63) is 124 Å². The summed E-state index contributed by atoms with van der Waals surface area (Å²) in [5, 5.41) is 2.88. The average Bonchev–Trinajstić information content (AvgIpc) is 3.17. The number of rotatable bonds is 7. The molecule has 0 radical (unpaired) electrons. The van der Waals surface area contributed by atoms with Crippen LogP contribution in [0.4, 0.5) is 5.69 Å². The lowest BCUT2D eigenvalue weighted by molar-refractivity contribution is 0.0923. The highest BCUT2D eigenvalue weighted by atomic mass is 16.5. The molecule has 0 saturated carbocycles. The lowest BCUT2D eigenvalue weighted by atomic mass is 10.1. The van der Waals surface area contributed by atoms with E-state index in [1.165, 1.54) is 11.0 Å². The number of imide groups is 1. The maximum absolute atomic E-state index is 13.2. The molecule has 1 N–H and O–H groups in total. The second kappa shape index (κ2) is 10.1. The fourth-order valence-electron chi connectivity index (χ4n) is 4.23. The zero-order valence-electron chi connectivity index (χ0n) is 20.5. The third-order valence-corrected chi connectivity index (χ3v) is 6.22. The summed E-state index contributed by atoms with van der Waals surface area (Å²) >= 11 is 0. The minimum Gasteiger partial charge on any atom is -0.487 e. The van der Waals surface area contributed by atoms with Gasteiger partial charge in [0.2, 0.25) is 0 Å². The second-order valence-corrected chi connectivity index (χ2v) is 8.94.